The molecular weight excluding hydrogens is 420 g/mol. The lowest BCUT2D eigenvalue weighted by molar-refractivity contribution is 0.354. The van der Waals surface area contributed by atoms with Gasteiger partial charge in [0.1, 0.15) is 5.82 Å². The van der Waals surface area contributed by atoms with Gasteiger partial charge in [0.15, 0.2) is 11.5 Å². The predicted molar refractivity (Wildman–Crippen MR) is 123 cm³/mol. The van der Waals surface area contributed by atoms with Gasteiger partial charge in [-0.3, -0.25) is 4.57 Å². The Balaban J connectivity index is 0.00000171. The molecule has 31 heavy (non-hydrogen) atoms. The largest absolute Gasteiger partial charge is 0.493 e. The van der Waals surface area contributed by atoms with E-state index in [1.165, 1.54) is 5.56 Å². The maximum absolute atomic E-state index is 12.7. The fraction of sp³-hybridized carbons (Fsp3) is 0.318. The number of aromatic nitrogens is 3. The number of hydrogen-bond acceptors (Lipinski definition) is 6. The highest BCUT2D eigenvalue weighted by molar-refractivity contribution is 5.85. The smallest absolute Gasteiger partial charge is 0.352 e. The maximum Gasteiger partial charge on any atom is 0.352 e. The van der Waals surface area contributed by atoms with Gasteiger partial charge in [-0.05, 0) is 56.0 Å². The number of benzene rings is 2. The number of aryl methyl sites for hydroxylation is 4. The van der Waals surface area contributed by atoms with Crippen LogP contribution in [0.2, 0.25) is 0 Å². The summed E-state index contributed by atoms with van der Waals surface area (Å²) in [5, 5.41) is 3.25. The third-order valence-electron chi connectivity index (χ3n) is 5.27. The van der Waals surface area contributed by atoms with E-state index < -0.39 is 0 Å². The third-order valence-corrected chi connectivity index (χ3v) is 5.27. The van der Waals surface area contributed by atoms with Crippen molar-refractivity contribution >= 4 is 24.0 Å². The van der Waals surface area contributed by atoms with Crippen LogP contribution in [-0.4, -0.2) is 34.2 Å². The summed E-state index contributed by atoms with van der Waals surface area (Å²) in [5.74, 6) is 2.14. The van der Waals surface area contributed by atoms with Gasteiger partial charge in [-0.25, -0.2) is 4.79 Å². The zero-order valence-electron chi connectivity index (χ0n) is 18.2. The second-order valence-electron chi connectivity index (χ2n) is 7.32. The Bertz CT molecular complexity index is 1150. The molecule has 0 amide bonds. The van der Waals surface area contributed by atoms with E-state index in [1.54, 1.807) is 18.8 Å². The zero-order chi connectivity index (χ0) is 20.7. The summed E-state index contributed by atoms with van der Waals surface area (Å²) >= 11 is 0. The molecule has 4 rings (SSSR count). The van der Waals surface area contributed by atoms with Crippen molar-refractivity contribution in [2.45, 2.75) is 33.7 Å². The number of hydrogen-bond donors (Lipinski definition) is 1. The molecule has 0 unspecified atom stereocenters. The number of fused-ring (bicyclic) bond motifs is 3. The highest BCUT2D eigenvalue weighted by atomic mass is 35.5. The number of anilines is 2. The maximum atomic E-state index is 12.7. The van der Waals surface area contributed by atoms with Gasteiger partial charge in [0.2, 0.25) is 5.95 Å². The van der Waals surface area contributed by atoms with Crippen molar-refractivity contribution in [2.24, 2.45) is 0 Å². The Hall–Kier alpha value is -3.10. The summed E-state index contributed by atoms with van der Waals surface area (Å²) in [6, 6.07) is 8.00. The molecule has 0 saturated heterocycles. The van der Waals surface area contributed by atoms with E-state index in [-0.39, 0.29) is 23.6 Å². The van der Waals surface area contributed by atoms with Crippen LogP contribution in [0.25, 0.3) is 11.4 Å². The van der Waals surface area contributed by atoms with Gasteiger partial charge in [0, 0.05) is 17.8 Å². The molecule has 2 heterocycles. The number of nitrogens with zero attached hydrogens (tertiary/aromatic N) is 3. The molecule has 3 N–H and O–H groups in total. The molecule has 166 valence electrons. The Morgan fingerprint density at radius 3 is 2.19 bits per heavy atom. The van der Waals surface area contributed by atoms with Gasteiger partial charge < -0.3 is 20.3 Å². The molecule has 0 radical (unpaired) electrons. The summed E-state index contributed by atoms with van der Waals surface area (Å²) in [7, 11) is 3.21. The molecule has 1 aromatic heterocycles. The number of halogens is 1. The molecule has 0 atom stereocenters. The second-order valence-corrected chi connectivity index (χ2v) is 7.32. The third kappa shape index (κ3) is 4.35. The Kier molecular flexibility index (Phi) is 7.30. The van der Waals surface area contributed by atoms with E-state index in [4.69, 9.17) is 14.5 Å². The summed E-state index contributed by atoms with van der Waals surface area (Å²) in [5.41, 5.74) is 5.87. The Morgan fingerprint density at radius 2 is 1.58 bits per heavy atom. The van der Waals surface area contributed by atoms with Crippen LogP contribution in [0.4, 0.5) is 11.6 Å². The van der Waals surface area contributed by atoms with Crippen LogP contribution in [0.3, 0.4) is 0 Å². The van der Waals surface area contributed by atoms with Crippen LogP contribution in [0.5, 0.6) is 11.5 Å². The minimum absolute atomic E-state index is 0. The van der Waals surface area contributed by atoms with Crippen LogP contribution >= 0.6 is 12.4 Å². The molecule has 0 fully saturated rings. The van der Waals surface area contributed by atoms with Gasteiger partial charge >= 0.3 is 5.69 Å². The van der Waals surface area contributed by atoms with Crippen LogP contribution in [-0.2, 0) is 13.0 Å². The molecule has 0 aliphatic carbocycles. The summed E-state index contributed by atoms with van der Waals surface area (Å²) in [6.45, 7) is 6.64. The van der Waals surface area contributed by atoms with Crippen molar-refractivity contribution in [1.29, 1.82) is 0 Å². The van der Waals surface area contributed by atoms with Crippen molar-refractivity contribution in [3.05, 3.63) is 57.0 Å². The fourth-order valence-corrected chi connectivity index (χ4v) is 3.95. The molecule has 1 aliphatic heterocycles. The summed E-state index contributed by atoms with van der Waals surface area (Å²) < 4.78 is 12.5. The summed E-state index contributed by atoms with van der Waals surface area (Å²) in [6.07, 6.45) is 0.703. The Labute approximate surface area is 187 Å². The standard InChI is InChI=1S/C22H24N4O3.ClH.H2O/c1-12-8-13(2)19(14(3)9-12)23-21-24-20-16-11-18(29-5)17(28-4)10-15(16)6-7-26(20)22(27)25-21;;/h8-11H,6-7H2,1-5H3,(H,23,25,27);1H;1H2. The minimum Gasteiger partial charge on any atom is -0.493 e. The highest BCUT2D eigenvalue weighted by Crippen LogP contribution is 2.37. The van der Waals surface area contributed by atoms with E-state index in [1.807, 2.05) is 26.0 Å². The fourth-order valence-electron chi connectivity index (χ4n) is 3.95. The first-order valence-corrected chi connectivity index (χ1v) is 9.50. The van der Waals surface area contributed by atoms with E-state index in [9.17, 15) is 4.79 Å². The van der Waals surface area contributed by atoms with Crippen LogP contribution in [0.1, 0.15) is 22.3 Å². The second kappa shape index (κ2) is 9.36. The Morgan fingerprint density at radius 1 is 0.968 bits per heavy atom. The van der Waals surface area contributed by atoms with Gasteiger partial charge in [0.05, 0.1) is 14.2 Å². The lowest BCUT2D eigenvalue weighted by atomic mass is 9.99. The highest BCUT2D eigenvalue weighted by Gasteiger charge is 2.23. The van der Waals surface area contributed by atoms with Crippen molar-refractivity contribution < 1.29 is 14.9 Å². The lowest BCUT2D eigenvalue weighted by Gasteiger charge is -2.22. The average Bonchev–Trinajstić information content (AvgIpc) is 2.69. The molecular formula is C22H27ClN4O4. The first kappa shape index (κ1) is 24.2. The van der Waals surface area contributed by atoms with Crippen LogP contribution < -0.4 is 20.5 Å². The van der Waals surface area contributed by atoms with E-state index >= 15 is 0 Å². The van der Waals surface area contributed by atoms with E-state index in [2.05, 4.69) is 29.4 Å². The molecule has 3 aromatic rings. The van der Waals surface area contributed by atoms with Gasteiger partial charge in [-0.15, -0.1) is 12.4 Å². The molecule has 0 bridgehead atoms. The van der Waals surface area contributed by atoms with E-state index in [0.29, 0.717) is 36.2 Å². The van der Waals surface area contributed by atoms with Crippen LogP contribution in [0.15, 0.2) is 29.1 Å². The first-order valence-electron chi connectivity index (χ1n) is 9.50. The molecule has 1 aliphatic rings. The molecule has 0 spiro atoms. The monoisotopic (exact) mass is 446 g/mol. The van der Waals surface area contributed by atoms with Crippen molar-refractivity contribution in [2.75, 3.05) is 19.5 Å². The molecule has 9 heteroatoms. The quantitative estimate of drug-likeness (QED) is 0.659. The topological polar surface area (TPSA) is 110 Å². The lowest BCUT2D eigenvalue weighted by Crippen LogP contribution is -2.30. The SMILES string of the molecule is COc1cc2c(cc1OC)-c1nc(Nc3c(C)cc(C)cc3C)nc(=O)n1CC2.Cl.O. The first-order chi connectivity index (χ1) is 13.9. The summed E-state index contributed by atoms with van der Waals surface area (Å²) in [4.78, 5) is 21.6. The van der Waals surface area contributed by atoms with E-state index in [0.717, 1.165) is 27.9 Å². The van der Waals surface area contributed by atoms with Crippen molar-refractivity contribution in [1.82, 2.24) is 14.5 Å². The van der Waals surface area contributed by atoms with Crippen molar-refractivity contribution in [3.8, 4) is 22.9 Å². The number of ether oxygens (including phenoxy) is 2. The molecule has 0 saturated carbocycles. The number of methoxy groups -OCH3 is 2. The van der Waals surface area contributed by atoms with Gasteiger partial charge in [-0.2, -0.15) is 9.97 Å². The van der Waals surface area contributed by atoms with Crippen molar-refractivity contribution in [3.63, 3.8) is 0 Å². The normalized spacial score (nSPS) is 11.4. The average molecular weight is 447 g/mol. The number of rotatable bonds is 4. The molecule has 8 nitrogen and oxygen atoms in total. The predicted octanol–water partition coefficient (Wildman–Crippen LogP) is 3.14. The molecule has 2 aromatic carbocycles. The van der Waals surface area contributed by atoms with Crippen LogP contribution in [0, 0.1) is 20.8 Å². The van der Waals surface area contributed by atoms with Gasteiger partial charge in [-0.1, -0.05) is 17.7 Å². The number of nitrogens with one attached hydrogen (secondary N) is 1. The zero-order valence-corrected chi connectivity index (χ0v) is 19.0. The van der Waals surface area contributed by atoms with Gasteiger partial charge in [0.25, 0.3) is 0 Å². The minimum atomic E-state index is -0.319.